The Bertz CT molecular complexity index is 1000. The van der Waals surface area contributed by atoms with E-state index < -0.39 is 57.2 Å². The van der Waals surface area contributed by atoms with Gasteiger partial charge in [-0.15, -0.1) is 0 Å². The van der Waals surface area contributed by atoms with Crippen LogP contribution in [0.4, 0.5) is 0 Å². The first-order chi connectivity index (χ1) is 16.5. The summed E-state index contributed by atoms with van der Waals surface area (Å²) >= 11 is 6.05. The van der Waals surface area contributed by atoms with Gasteiger partial charge in [0.2, 0.25) is 0 Å². The van der Waals surface area contributed by atoms with Crippen LogP contribution in [0.2, 0.25) is 15.1 Å². The molecule has 2 aliphatic rings. The minimum Gasteiger partial charge on any atom is -0.459 e. The number of esters is 3. The number of benzene rings is 1. The van der Waals surface area contributed by atoms with Gasteiger partial charge >= 0.3 is 26.5 Å². The summed E-state index contributed by atoms with van der Waals surface area (Å²) in [4.78, 5) is 37.2. The van der Waals surface area contributed by atoms with Crippen molar-refractivity contribution in [3.05, 3.63) is 34.9 Å². The molecule has 2 aliphatic heterocycles. The van der Waals surface area contributed by atoms with Gasteiger partial charge in [-0.25, -0.2) is 4.79 Å². The summed E-state index contributed by atoms with van der Waals surface area (Å²) in [6.45, 7) is 14.4. The molecule has 0 radical (unpaired) electrons. The van der Waals surface area contributed by atoms with Crippen molar-refractivity contribution >= 4 is 38.1 Å². The van der Waals surface area contributed by atoms with Crippen LogP contribution >= 0.6 is 11.6 Å². The Morgan fingerprint density at radius 3 is 2.25 bits per heavy atom. The summed E-state index contributed by atoms with van der Waals surface area (Å²) < 4.78 is 36.2. The lowest BCUT2D eigenvalue weighted by atomic mass is 10.0. The molecule has 0 aromatic heterocycles. The predicted octanol–water partition coefficient (Wildman–Crippen LogP) is 4.54. The Labute approximate surface area is 217 Å². The average molecular weight is 543 g/mol. The Morgan fingerprint density at radius 2 is 1.72 bits per heavy atom. The molecule has 11 heteroatoms. The molecule has 1 aromatic carbocycles. The Kier molecular flexibility index (Phi) is 7.98. The monoisotopic (exact) mass is 542 g/mol. The third-order valence-electron chi connectivity index (χ3n) is 6.27. The van der Waals surface area contributed by atoms with E-state index in [1.165, 1.54) is 26.0 Å². The van der Waals surface area contributed by atoms with Gasteiger partial charge < -0.3 is 27.8 Å². The minimum absolute atomic E-state index is 0.125. The molecular weight excluding hydrogens is 508 g/mol. The molecule has 9 nitrogen and oxygen atoms in total. The summed E-state index contributed by atoms with van der Waals surface area (Å²) in [5.41, 5.74) is 0.148. The lowest BCUT2D eigenvalue weighted by Gasteiger charge is -2.53. The molecule has 2 heterocycles. The Morgan fingerprint density at radius 1 is 1.08 bits per heavy atom. The maximum atomic E-state index is 13.2. The minimum atomic E-state index is -3.02. The number of hydrogen-bond donors (Lipinski definition) is 0. The third kappa shape index (κ3) is 5.47. The number of fused-ring (bicyclic) bond motifs is 1. The van der Waals surface area contributed by atoms with E-state index in [4.69, 9.17) is 39.4 Å². The van der Waals surface area contributed by atoms with Crippen molar-refractivity contribution in [1.82, 2.24) is 0 Å². The van der Waals surface area contributed by atoms with Crippen molar-refractivity contribution in [2.24, 2.45) is 0 Å². The molecule has 2 fully saturated rings. The number of rotatable bonds is 5. The largest absolute Gasteiger partial charge is 0.459 e. The number of ether oxygens (including phenoxy) is 4. The van der Waals surface area contributed by atoms with Crippen LogP contribution in [0, 0.1) is 0 Å². The van der Waals surface area contributed by atoms with Crippen LogP contribution in [0.5, 0.6) is 0 Å². The molecule has 36 heavy (non-hydrogen) atoms. The first-order valence-electron chi connectivity index (χ1n) is 11.8. The van der Waals surface area contributed by atoms with E-state index in [2.05, 4.69) is 0 Å². The number of hydrogen-bond acceptors (Lipinski definition) is 9. The average Bonchev–Trinajstić information content (AvgIpc) is 3.02. The van der Waals surface area contributed by atoms with Gasteiger partial charge in [0, 0.05) is 28.9 Å². The molecular formula is C25H35ClO9Si. The molecule has 0 aliphatic carbocycles. The summed E-state index contributed by atoms with van der Waals surface area (Å²) in [5.74, 6) is -4.02. The van der Waals surface area contributed by atoms with Crippen LogP contribution in [-0.4, -0.2) is 63.8 Å². The normalized spacial score (nSPS) is 27.6. The van der Waals surface area contributed by atoms with E-state index in [1.54, 1.807) is 12.1 Å². The first kappa shape index (κ1) is 28.6. The fraction of sp³-hybridized carbons (Fsp3) is 0.640. The van der Waals surface area contributed by atoms with Crippen molar-refractivity contribution in [3.8, 4) is 0 Å². The molecule has 2 saturated heterocycles. The van der Waals surface area contributed by atoms with Crippen LogP contribution in [0.15, 0.2) is 24.3 Å². The van der Waals surface area contributed by atoms with Crippen molar-refractivity contribution in [2.45, 2.75) is 89.6 Å². The maximum Gasteiger partial charge on any atom is 0.349 e. The molecule has 0 amide bonds. The number of carbonyl (C=O) groups is 3. The van der Waals surface area contributed by atoms with Crippen molar-refractivity contribution in [3.63, 3.8) is 0 Å². The van der Waals surface area contributed by atoms with Crippen LogP contribution in [-0.2, 0) is 37.4 Å². The standard InChI is InChI=1S/C25H35ClO9Si/c1-15(27)30-14-25(34-22(29)17-10-9-11-18(26)12-17)21(32-16(2)28)20-19(33-25)13-31-36(35-20,23(3,4)5)24(6,7)8/h9-12,19-21H,13-14H2,1-8H3/t19-,20-,21-,25+/m1/s1. The van der Waals surface area contributed by atoms with E-state index in [-0.39, 0.29) is 22.2 Å². The molecule has 0 bridgehead atoms. The van der Waals surface area contributed by atoms with E-state index in [0.717, 1.165) is 0 Å². The van der Waals surface area contributed by atoms with E-state index in [1.807, 2.05) is 41.5 Å². The SMILES string of the molecule is CC(=O)OC[C@@]1(OC(=O)c2cccc(Cl)c2)O[C@@H]2CO[Si](C(C)(C)C)(C(C)(C)C)O[C@H]2[C@H]1OC(C)=O. The van der Waals surface area contributed by atoms with Gasteiger partial charge in [0.25, 0.3) is 5.79 Å². The van der Waals surface area contributed by atoms with Gasteiger partial charge in [-0.2, -0.15) is 0 Å². The second kappa shape index (κ2) is 10.1. The van der Waals surface area contributed by atoms with Gasteiger partial charge in [0.1, 0.15) is 12.2 Å². The van der Waals surface area contributed by atoms with Gasteiger partial charge in [-0.3, -0.25) is 9.59 Å². The Hall–Kier alpha value is -1.98. The molecule has 0 N–H and O–H groups in total. The number of halogens is 1. The maximum absolute atomic E-state index is 13.2. The van der Waals surface area contributed by atoms with E-state index in [0.29, 0.717) is 5.02 Å². The second-order valence-corrected chi connectivity index (χ2v) is 16.4. The van der Waals surface area contributed by atoms with Crippen LogP contribution in [0.3, 0.4) is 0 Å². The fourth-order valence-electron chi connectivity index (χ4n) is 5.04. The van der Waals surface area contributed by atoms with Crippen molar-refractivity contribution in [2.75, 3.05) is 13.2 Å². The van der Waals surface area contributed by atoms with Crippen molar-refractivity contribution in [1.29, 1.82) is 0 Å². The highest BCUT2D eigenvalue weighted by atomic mass is 35.5. The first-order valence-corrected chi connectivity index (χ1v) is 14.0. The lowest BCUT2D eigenvalue weighted by molar-refractivity contribution is -0.255. The second-order valence-electron chi connectivity index (χ2n) is 11.2. The molecule has 0 saturated carbocycles. The van der Waals surface area contributed by atoms with Crippen LogP contribution in [0.25, 0.3) is 0 Å². The zero-order valence-corrected chi connectivity index (χ0v) is 23.8. The topological polar surface area (TPSA) is 107 Å². The predicted molar refractivity (Wildman–Crippen MR) is 133 cm³/mol. The Balaban J connectivity index is 2.07. The highest BCUT2D eigenvalue weighted by molar-refractivity contribution is 6.73. The highest BCUT2D eigenvalue weighted by Gasteiger charge is 2.70. The third-order valence-corrected chi connectivity index (χ3v) is 11.6. The highest BCUT2D eigenvalue weighted by Crippen LogP contribution is 2.56. The summed E-state index contributed by atoms with van der Waals surface area (Å²) in [5, 5.41) is -0.399. The molecule has 0 spiro atoms. The van der Waals surface area contributed by atoms with Gasteiger partial charge in [-0.1, -0.05) is 59.2 Å². The lowest BCUT2D eigenvalue weighted by Crippen LogP contribution is -2.66. The van der Waals surface area contributed by atoms with E-state index in [9.17, 15) is 14.4 Å². The van der Waals surface area contributed by atoms with Gasteiger partial charge in [0.05, 0.1) is 12.2 Å². The van der Waals surface area contributed by atoms with E-state index >= 15 is 0 Å². The number of carbonyl (C=O) groups excluding carboxylic acids is 3. The summed E-state index contributed by atoms with van der Waals surface area (Å²) in [6, 6.07) is 6.17. The van der Waals surface area contributed by atoms with Gasteiger partial charge in [-0.05, 0) is 18.2 Å². The molecule has 1 aromatic rings. The molecule has 0 unspecified atom stereocenters. The zero-order chi connectivity index (χ0) is 27.1. The molecule has 4 atom stereocenters. The fourth-order valence-corrected chi connectivity index (χ4v) is 10.2. The molecule has 200 valence electrons. The van der Waals surface area contributed by atoms with Crippen molar-refractivity contribution < 1.29 is 42.2 Å². The van der Waals surface area contributed by atoms with Crippen LogP contribution < -0.4 is 0 Å². The molecule has 3 rings (SSSR count). The van der Waals surface area contributed by atoms with Gasteiger partial charge in [0.15, 0.2) is 12.7 Å². The van der Waals surface area contributed by atoms with Crippen LogP contribution in [0.1, 0.15) is 65.7 Å². The quantitative estimate of drug-likeness (QED) is 0.301. The summed E-state index contributed by atoms with van der Waals surface area (Å²) in [6.07, 6.45) is -2.79. The zero-order valence-electron chi connectivity index (χ0n) is 22.0. The summed E-state index contributed by atoms with van der Waals surface area (Å²) in [7, 11) is -3.02. The smallest absolute Gasteiger partial charge is 0.349 e.